The third-order valence-corrected chi connectivity index (χ3v) is 4.02. The molecule has 2 rings (SSSR count). The molecule has 22 heavy (non-hydrogen) atoms. The largest absolute Gasteiger partial charge is 0.444 e. The number of halogens is 1. The quantitative estimate of drug-likeness (QED) is 0.831. The Bertz CT molecular complexity index is 516. The third-order valence-electron chi connectivity index (χ3n) is 3.70. The molecule has 1 fully saturated rings. The summed E-state index contributed by atoms with van der Waals surface area (Å²) in [5.41, 5.74) is 0.399. The first kappa shape index (κ1) is 17.0. The highest BCUT2D eigenvalue weighted by molar-refractivity contribution is 6.29. The minimum Gasteiger partial charge on any atom is -0.444 e. The molecule has 1 saturated heterocycles. The topological polar surface area (TPSA) is 55.3 Å². The third kappa shape index (κ3) is 5.13. The van der Waals surface area contributed by atoms with Crippen molar-refractivity contribution < 1.29 is 9.53 Å². The van der Waals surface area contributed by atoms with Crippen LogP contribution in [0.5, 0.6) is 0 Å². The SMILES string of the molecule is CC(C)(C)OC(=O)N1CCCC(Cc2nccnc2Cl)CC1. The molecule has 1 aromatic rings. The Labute approximate surface area is 137 Å². The van der Waals surface area contributed by atoms with E-state index in [1.165, 1.54) is 0 Å². The molecule has 122 valence electrons. The maximum absolute atomic E-state index is 12.1. The lowest BCUT2D eigenvalue weighted by Crippen LogP contribution is -2.37. The minimum absolute atomic E-state index is 0.217. The Hall–Kier alpha value is -1.36. The normalized spacial score (nSPS) is 19.6. The van der Waals surface area contributed by atoms with Gasteiger partial charge in [-0.2, -0.15) is 0 Å². The Kier molecular flexibility index (Phi) is 5.62. The molecular formula is C16H24ClN3O2. The summed E-state index contributed by atoms with van der Waals surface area (Å²) >= 11 is 6.08. The van der Waals surface area contributed by atoms with Crippen LogP contribution in [0.4, 0.5) is 4.79 Å². The molecule has 2 heterocycles. The fourth-order valence-electron chi connectivity index (χ4n) is 2.64. The average Bonchev–Trinajstić information content (AvgIpc) is 2.65. The lowest BCUT2D eigenvalue weighted by atomic mass is 9.95. The lowest BCUT2D eigenvalue weighted by molar-refractivity contribution is 0.0255. The number of hydrogen-bond donors (Lipinski definition) is 0. The van der Waals surface area contributed by atoms with Crippen LogP contribution < -0.4 is 0 Å². The van der Waals surface area contributed by atoms with Gasteiger partial charge >= 0.3 is 6.09 Å². The number of rotatable bonds is 2. The lowest BCUT2D eigenvalue weighted by Gasteiger charge is -2.26. The molecule has 1 unspecified atom stereocenters. The molecule has 0 saturated carbocycles. The van der Waals surface area contributed by atoms with Crippen molar-refractivity contribution >= 4 is 17.7 Å². The Morgan fingerprint density at radius 2 is 2.05 bits per heavy atom. The number of nitrogens with zero attached hydrogens (tertiary/aromatic N) is 3. The fraction of sp³-hybridized carbons (Fsp3) is 0.688. The zero-order chi connectivity index (χ0) is 16.2. The summed E-state index contributed by atoms with van der Waals surface area (Å²) in [6, 6.07) is 0. The second kappa shape index (κ2) is 7.27. The van der Waals surface area contributed by atoms with Crippen molar-refractivity contribution in [2.75, 3.05) is 13.1 Å². The summed E-state index contributed by atoms with van der Waals surface area (Å²) in [5.74, 6) is 0.474. The number of aromatic nitrogens is 2. The number of amides is 1. The number of ether oxygens (including phenoxy) is 1. The van der Waals surface area contributed by atoms with Gasteiger partial charge in [0.1, 0.15) is 10.8 Å². The molecule has 0 N–H and O–H groups in total. The number of carbonyl (C=O) groups is 1. The van der Waals surface area contributed by atoms with E-state index in [1.807, 2.05) is 25.7 Å². The van der Waals surface area contributed by atoms with Crippen molar-refractivity contribution in [2.45, 2.75) is 52.1 Å². The highest BCUT2D eigenvalue weighted by Gasteiger charge is 2.25. The summed E-state index contributed by atoms with van der Waals surface area (Å²) in [6.07, 6.45) is 6.84. The van der Waals surface area contributed by atoms with Crippen LogP contribution >= 0.6 is 11.6 Å². The Morgan fingerprint density at radius 1 is 1.32 bits per heavy atom. The Balaban J connectivity index is 1.90. The first-order chi connectivity index (χ1) is 10.3. The van der Waals surface area contributed by atoms with Crippen molar-refractivity contribution in [1.29, 1.82) is 0 Å². The van der Waals surface area contributed by atoms with Gasteiger partial charge in [0.25, 0.3) is 0 Å². The van der Waals surface area contributed by atoms with E-state index in [-0.39, 0.29) is 6.09 Å². The minimum atomic E-state index is -0.448. The molecule has 0 spiro atoms. The van der Waals surface area contributed by atoms with Crippen molar-refractivity contribution in [2.24, 2.45) is 5.92 Å². The molecule has 1 aliphatic heterocycles. The maximum atomic E-state index is 12.1. The van der Waals surface area contributed by atoms with Gasteiger partial charge < -0.3 is 9.64 Å². The molecule has 1 atom stereocenters. The second-order valence-electron chi connectivity index (χ2n) is 6.76. The van der Waals surface area contributed by atoms with Gasteiger partial charge in [-0.15, -0.1) is 0 Å². The molecule has 6 heteroatoms. The number of carbonyl (C=O) groups excluding carboxylic acids is 1. The molecule has 1 aliphatic rings. The molecule has 5 nitrogen and oxygen atoms in total. The molecule has 0 radical (unpaired) electrons. The van der Waals surface area contributed by atoms with Crippen molar-refractivity contribution in [3.63, 3.8) is 0 Å². The summed E-state index contributed by atoms with van der Waals surface area (Å²) < 4.78 is 5.45. The van der Waals surface area contributed by atoms with Crippen LogP contribution in [0.15, 0.2) is 12.4 Å². The average molecular weight is 326 g/mol. The van der Waals surface area contributed by atoms with E-state index in [2.05, 4.69) is 9.97 Å². The highest BCUT2D eigenvalue weighted by Crippen LogP contribution is 2.24. The van der Waals surface area contributed by atoms with E-state index in [4.69, 9.17) is 16.3 Å². The first-order valence-corrected chi connectivity index (χ1v) is 8.16. The van der Waals surface area contributed by atoms with Crippen molar-refractivity contribution in [3.8, 4) is 0 Å². The van der Waals surface area contributed by atoms with Crippen LogP contribution in [-0.2, 0) is 11.2 Å². The number of hydrogen-bond acceptors (Lipinski definition) is 4. The van der Waals surface area contributed by atoms with E-state index in [0.29, 0.717) is 11.1 Å². The molecule has 0 bridgehead atoms. The van der Waals surface area contributed by atoms with Crippen LogP contribution in [-0.4, -0.2) is 39.7 Å². The van der Waals surface area contributed by atoms with Gasteiger partial charge in [-0.25, -0.2) is 9.78 Å². The van der Waals surface area contributed by atoms with Crippen LogP contribution in [0.3, 0.4) is 0 Å². The van der Waals surface area contributed by atoms with E-state index in [0.717, 1.165) is 44.5 Å². The van der Waals surface area contributed by atoms with Gasteiger partial charge in [0.2, 0.25) is 0 Å². The second-order valence-corrected chi connectivity index (χ2v) is 7.12. The zero-order valence-electron chi connectivity index (χ0n) is 13.5. The smallest absolute Gasteiger partial charge is 0.410 e. The van der Waals surface area contributed by atoms with Crippen LogP contribution in [0.1, 0.15) is 45.7 Å². The van der Waals surface area contributed by atoms with Crippen LogP contribution in [0.2, 0.25) is 5.15 Å². The van der Waals surface area contributed by atoms with E-state index in [1.54, 1.807) is 12.4 Å². The summed E-state index contributed by atoms with van der Waals surface area (Å²) in [7, 11) is 0. The predicted octanol–water partition coefficient (Wildman–Crippen LogP) is 3.71. The molecule has 1 amide bonds. The summed E-state index contributed by atoms with van der Waals surface area (Å²) in [6.45, 7) is 7.14. The van der Waals surface area contributed by atoms with Gasteiger partial charge in [-0.3, -0.25) is 4.98 Å². The van der Waals surface area contributed by atoms with Crippen molar-refractivity contribution in [1.82, 2.24) is 14.9 Å². The van der Waals surface area contributed by atoms with E-state index >= 15 is 0 Å². The Morgan fingerprint density at radius 3 is 2.73 bits per heavy atom. The van der Waals surface area contributed by atoms with Gasteiger partial charge in [-0.1, -0.05) is 11.6 Å². The molecule has 0 aliphatic carbocycles. The maximum Gasteiger partial charge on any atom is 0.410 e. The van der Waals surface area contributed by atoms with Crippen LogP contribution in [0.25, 0.3) is 0 Å². The monoisotopic (exact) mass is 325 g/mol. The van der Waals surface area contributed by atoms with Gasteiger partial charge in [-0.05, 0) is 52.4 Å². The fourth-order valence-corrected chi connectivity index (χ4v) is 2.82. The molecule has 1 aromatic heterocycles. The zero-order valence-corrected chi connectivity index (χ0v) is 14.3. The predicted molar refractivity (Wildman–Crippen MR) is 85.9 cm³/mol. The van der Waals surface area contributed by atoms with Gasteiger partial charge in [0, 0.05) is 25.5 Å². The molecule has 0 aromatic carbocycles. The summed E-state index contributed by atoms with van der Waals surface area (Å²) in [4.78, 5) is 22.3. The van der Waals surface area contributed by atoms with E-state index in [9.17, 15) is 4.79 Å². The van der Waals surface area contributed by atoms with Gasteiger partial charge in [0.15, 0.2) is 0 Å². The van der Waals surface area contributed by atoms with Crippen molar-refractivity contribution in [3.05, 3.63) is 23.2 Å². The van der Waals surface area contributed by atoms with E-state index < -0.39 is 5.60 Å². The molecular weight excluding hydrogens is 302 g/mol. The van der Waals surface area contributed by atoms with Gasteiger partial charge in [0.05, 0.1) is 5.69 Å². The standard InChI is InChI=1S/C16H24ClN3O2/c1-16(2,3)22-15(21)20-9-4-5-12(6-10-20)11-13-14(17)19-8-7-18-13/h7-8,12H,4-6,9-11H2,1-3H3. The summed E-state index contributed by atoms with van der Waals surface area (Å²) in [5, 5.41) is 0.482. The highest BCUT2D eigenvalue weighted by atomic mass is 35.5. The number of likely N-dealkylation sites (tertiary alicyclic amines) is 1. The van der Waals surface area contributed by atoms with Crippen LogP contribution in [0, 0.1) is 5.92 Å². The first-order valence-electron chi connectivity index (χ1n) is 7.78.